The van der Waals surface area contributed by atoms with Gasteiger partial charge in [0.05, 0.1) is 5.52 Å². The number of hydrogen-bond donors (Lipinski definition) is 1. The number of benzene rings is 4. The number of hydrogen-bond acceptors (Lipinski definition) is 5. The van der Waals surface area contributed by atoms with Crippen molar-refractivity contribution in [2.75, 3.05) is 0 Å². The Morgan fingerprint density at radius 2 is 1.17 bits per heavy atom. The fourth-order valence-corrected chi connectivity index (χ4v) is 4.44. The quantitative estimate of drug-likeness (QED) is 0.300. The van der Waals surface area contributed by atoms with Crippen LogP contribution in [-0.4, -0.2) is 25.0 Å². The number of pyridine rings is 1. The van der Waals surface area contributed by atoms with E-state index in [1.165, 1.54) is 0 Å². The molecule has 0 spiro atoms. The van der Waals surface area contributed by atoms with Gasteiger partial charge >= 0.3 is 0 Å². The van der Waals surface area contributed by atoms with Gasteiger partial charge in [0.1, 0.15) is 5.75 Å². The lowest BCUT2D eigenvalue weighted by atomic mass is 9.96. The highest BCUT2D eigenvalue weighted by Crippen LogP contribution is 2.37. The lowest BCUT2D eigenvalue weighted by Crippen LogP contribution is -2.00. The van der Waals surface area contributed by atoms with E-state index in [0.717, 1.165) is 38.7 Å². The molecule has 0 saturated carbocycles. The van der Waals surface area contributed by atoms with Crippen molar-refractivity contribution < 1.29 is 5.11 Å². The van der Waals surface area contributed by atoms with Gasteiger partial charge in [-0.05, 0) is 42.3 Å². The molecule has 36 heavy (non-hydrogen) atoms. The fourth-order valence-electron chi connectivity index (χ4n) is 4.44. The van der Waals surface area contributed by atoms with Gasteiger partial charge in [0.25, 0.3) is 0 Å². The molecule has 1 N–H and O–H groups in total. The molecule has 0 radical (unpaired) electrons. The van der Waals surface area contributed by atoms with E-state index >= 15 is 0 Å². The molecule has 0 atom stereocenters. The number of phenols is 1. The molecule has 0 amide bonds. The molecule has 172 valence electrons. The average molecular weight is 467 g/mol. The zero-order chi connectivity index (χ0) is 24.5. The Morgan fingerprint density at radius 3 is 1.78 bits per heavy atom. The molecule has 2 heterocycles. The van der Waals surface area contributed by atoms with Crippen molar-refractivity contribution in [3.63, 3.8) is 0 Å². The van der Waals surface area contributed by atoms with Crippen LogP contribution in [0, 0.1) is 6.92 Å². The van der Waals surface area contributed by atoms with Crippen molar-refractivity contribution in [3.8, 4) is 51.0 Å². The molecule has 6 rings (SSSR count). The van der Waals surface area contributed by atoms with E-state index in [2.05, 4.69) is 11.9 Å². The topological polar surface area (TPSA) is 71.8 Å². The molecular weight excluding hydrogens is 444 g/mol. The molecule has 5 heteroatoms. The summed E-state index contributed by atoms with van der Waals surface area (Å²) in [5.74, 6) is 1.82. The van der Waals surface area contributed by atoms with E-state index in [1.807, 2.05) is 97.1 Å². The number of rotatable bonds is 4. The number of phenolic OH excluding ortho intramolecular Hbond substituents is 1. The SMILES string of the molecule is Cc1ccnc2cccc(-c3ccc(-c4nc(-c5ccccc5)nc(-c5ccccc5)n4)cc3O)c12. The summed E-state index contributed by atoms with van der Waals surface area (Å²) >= 11 is 0. The van der Waals surface area contributed by atoms with Crippen LogP contribution in [0.2, 0.25) is 0 Å². The molecule has 6 aromatic rings. The molecule has 0 fully saturated rings. The van der Waals surface area contributed by atoms with Gasteiger partial charge in [-0.15, -0.1) is 0 Å². The first kappa shape index (κ1) is 21.6. The Labute approximate surface area is 208 Å². The summed E-state index contributed by atoms with van der Waals surface area (Å²) in [6, 6.07) is 33.2. The fraction of sp³-hybridized carbons (Fsp3) is 0.0323. The third kappa shape index (κ3) is 3.97. The number of aryl methyl sites for hydroxylation is 1. The summed E-state index contributed by atoms with van der Waals surface area (Å²) in [6.07, 6.45) is 1.81. The van der Waals surface area contributed by atoms with Crippen molar-refractivity contribution in [2.24, 2.45) is 0 Å². The summed E-state index contributed by atoms with van der Waals surface area (Å²) in [6.45, 7) is 2.06. The molecule has 2 aromatic heterocycles. The standard InChI is InChI=1S/C31H22N4O/c1-20-17-18-32-26-14-8-13-25(28(20)26)24-16-15-23(19-27(24)36)31-34-29(21-9-4-2-5-10-21)33-30(35-31)22-11-6-3-7-12-22/h2-19,36H,1H3. The van der Waals surface area contributed by atoms with E-state index in [1.54, 1.807) is 12.3 Å². The van der Waals surface area contributed by atoms with Crippen molar-refractivity contribution in [1.82, 2.24) is 19.9 Å². The molecule has 0 bridgehead atoms. The van der Waals surface area contributed by atoms with Crippen LogP contribution in [0.3, 0.4) is 0 Å². The van der Waals surface area contributed by atoms with Gasteiger partial charge in [-0.25, -0.2) is 15.0 Å². The molecule has 5 nitrogen and oxygen atoms in total. The lowest BCUT2D eigenvalue weighted by Gasteiger charge is -2.12. The third-order valence-corrected chi connectivity index (χ3v) is 6.22. The zero-order valence-corrected chi connectivity index (χ0v) is 19.6. The van der Waals surface area contributed by atoms with Crippen LogP contribution in [0.15, 0.2) is 109 Å². The van der Waals surface area contributed by atoms with Crippen LogP contribution in [-0.2, 0) is 0 Å². The van der Waals surface area contributed by atoms with Gasteiger partial charge in [0, 0.05) is 33.8 Å². The first-order valence-electron chi connectivity index (χ1n) is 11.7. The van der Waals surface area contributed by atoms with E-state index < -0.39 is 0 Å². The minimum Gasteiger partial charge on any atom is -0.507 e. The maximum atomic E-state index is 11.1. The molecule has 0 aliphatic heterocycles. The molecule has 0 aliphatic rings. The second kappa shape index (κ2) is 9.04. The highest BCUT2D eigenvalue weighted by Gasteiger charge is 2.15. The van der Waals surface area contributed by atoms with E-state index in [4.69, 9.17) is 15.0 Å². The Bertz CT molecular complexity index is 1640. The third-order valence-electron chi connectivity index (χ3n) is 6.22. The lowest BCUT2D eigenvalue weighted by molar-refractivity contribution is 0.477. The Balaban J connectivity index is 1.50. The smallest absolute Gasteiger partial charge is 0.164 e. The van der Waals surface area contributed by atoms with Gasteiger partial charge in [0.2, 0.25) is 0 Å². The van der Waals surface area contributed by atoms with Crippen LogP contribution in [0.5, 0.6) is 5.75 Å². The summed E-state index contributed by atoms with van der Waals surface area (Å²) < 4.78 is 0. The summed E-state index contributed by atoms with van der Waals surface area (Å²) in [4.78, 5) is 18.8. The number of aromatic nitrogens is 4. The molecule has 4 aromatic carbocycles. The van der Waals surface area contributed by atoms with Gasteiger partial charge in [0.15, 0.2) is 17.5 Å². The average Bonchev–Trinajstić information content (AvgIpc) is 2.94. The van der Waals surface area contributed by atoms with Crippen LogP contribution in [0.25, 0.3) is 56.2 Å². The van der Waals surface area contributed by atoms with Gasteiger partial charge in [-0.2, -0.15) is 0 Å². The van der Waals surface area contributed by atoms with Gasteiger partial charge in [-0.1, -0.05) is 78.9 Å². The molecule has 0 aliphatic carbocycles. The highest BCUT2D eigenvalue weighted by molar-refractivity contribution is 5.98. The number of fused-ring (bicyclic) bond motifs is 1. The summed E-state index contributed by atoms with van der Waals surface area (Å²) in [7, 11) is 0. The van der Waals surface area contributed by atoms with E-state index in [9.17, 15) is 5.11 Å². The Hall–Kier alpha value is -4.90. The van der Waals surface area contributed by atoms with E-state index in [0.29, 0.717) is 23.0 Å². The van der Waals surface area contributed by atoms with Crippen molar-refractivity contribution in [2.45, 2.75) is 6.92 Å². The maximum absolute atomic E-state index is 11.1. The maximum Gasteiger partial charge on any atom is 0.164 e. The van der Waals surface area contributed by atoms with Crippen LogP contribution >= 0.6 is 0 Å². The monoisotopic (exact) mass is 466 g/mol. The van der Waals surface area contributed by atoms with Crippen LogP contribution < -0.4 is 0 Å². The summed E-state index contributed by atoms with van der Waals surface area (Å²) in [5.41, 5.74) is 6.19. The molecule has 0 saturated heterocycles. The van der Waals surface area contributed by atoms with Crippen LogP contribution in [0.4, 0.5) is 0 Å². The highest BCUT2D eigenvalue weighted by atomic mass is 16.3. The largest absolute Gasteiger partial charge is 0.507 e. The van der Waals surface area contributed by atoms with Crippen molar-refractivity contribution >= 4 is 10.9 Å². The van der Waals surface area contributed by atoms with E-state index in [-0.39, 0.29) is 5.75 Å². The van der Waals surface area contributed by atoms with Crippen molar-refractivity contribution in [1.29, 1.82) is 0 Å². The second-order valence-corrected chi connectivity index (χ2v) is 8.60. The number of aromatic hydroxyl groups is 1. The summed E-state index contributed by atoms with van der Waals surface area (Å²) in [5, 5.41) is 12.2. The van der Waals surface area contributed by atoms with Gasteiger partial charge in [-0.3, -0.25) is 4.98 Å². The minimum atomic E-state index is 0.159. The first-order valence-corrected chi connectivity index (χ1v) is 11.7. The Kier molecular flexibility index (Phi) is 5.43. The Morgan fingerprint density at radius 1 is 0.556 bits per heavy atom. The predicted molar refractivity (Wildman–Crippen MR) is 143 cm³/mol. The van der Waals surface area contributed by atoms with Gasteiger partial charge < -0.3 is 5.11 Å². The minimum absolute atomic E-state index is 0.159. The molecular formula is C31H22N4O. The second-order valence-electron chi connectivity index (χ2n) is 8.60. The molecule has 0 unspecified atom stereocenters. The van der Waals surface area contributed by atoms with Crippen molar-refractivity contribution in [3.05, 3.63) is 115 Å². The normalized spacial score (nSPS) is 11.0. The predicted octanol–water partition coefficient (Wildman–Crippen LogP) is 7.10. The first-order chi connectivity index (χ1) is 17.7. The number of nitrogens with zero attached hydrogens (tertiary/aromatic N) is 4. The van der Waals surface area contributed by atoms with Crippen LogP contribution in [0.1, 0.15) is 5.56 Å². The zero-order valence-electron chi connectivity index (χ0n) is 19.6.